The molecule has 0 unspecified atom stereocenters. The second kappa shape index (κ2) is 5.24. The Bertz CT molecular complexity index is 1100. The van der Waals surface area contributed by atoms with Gasteiger partial charge in [-0.1, -0.05) is 17.7 Å². The van der Waals surface area contributed by atoms with Gasteiger partial charge in [0.15, 0.2) is 0 Å². The van der Waals surface area contributed by atoms with Crippen LogP contribution in [0.1, 0.15) is 17.5 Å². The van der Waals surface area contributed by atoms with Crippen molar-refractivity contribution in [1.29, 1.82) is 0 Å². The summed E-state index contributed by atoms with van der Waals surface area (Å²) in [5.41, 5.74) is 3.66. The fourth-order valence-corrected chi connectivity index (χ4v) is 4.81. The Balaban J connectivity index is 1.84. The second-order valence-electron chi connectivity index (χ2n) is 6.10. The third-order valence-corrected chi connectivity index (χ3v) is 6.20. The Hall–Kier alpha value is -2.54. The number of hydrogen-bond acceptors (Lipinski definition) is 3. The highest BCUT2D eigenvalue weighted by atomic mass is 32.2. The molecule has 0 fully saturated rings. The number of H-pyrrole nitrogens is 2. The zero-order chi connectivity index (χ0) is 16.9. The van der Waals surface area contributed by atoms with Crippen molar-refractivity contribution in [2.24, 2.45) is 0 Å². The summed E-state index contributed by atoms with van der Waals surface area (Å²) < 4.78 is 27.7. The number of anilines is 1. The minimum Gasteiger partial charge on any atom is -0.306 e. The molecule has 1 aliphatic heterocycles. The van der Waals surface area contributed by atoms with Crippen LogP contribution in [0.2, 0.25) is 0 Å². The lowest BCUT2D eigenvalue weighted by Gasteiger charge is -2.30. The number of aromatic nitrogens is 2. The third kappa shape index (κ3) is 2.32. The number of aromatic amines is 2. The predicted octanol–water partition coefficient (Wildman–Crippen LogP) is 2.31. The Morgan fingerprint density at radius 1 is 1.04 bits per heavy atom. The van der Waals surface area contributed by atoms with Crippen LogP contribution >= 0.6 is 0 Å². The molecule has 1 aliphatic rings. The van der Waals surface area contributed by atoms with E-state index in [9.17, 15) is 13.2 Å². The standard InChI is InChI=1S/C17H17N3O3S/c1-11-4-7-16-12(9-11)3-2-8-20(16)24(22,23)13-5-6-14-15(10-13)19-17(21)18-14/h4-7,9-10H,2-3,8H2,1H3,(H2,18,19,21). The summed E-state index contributed by atoms with van der Waals surface area (Å²) in [5, 5.41) is 0. The summed E-state index contributed by atoms with van der Waals surface area (Å²) in [7, 11) is -3.67. The van der Waals surface area contributed by atoms with Crippen LogP contribution < -0.4 is 9.99 Å². The molecule has 0 saturated carbocycles. The molecule has 0 aliphatic carbocycles. The minimum atomic E-state index is -3.67. The van der Waals surface area contributed by atoms with Gasteiger partial charge in [-0.05, 0) is 49.6 Å². The van der Waals surface area contributed by atoms with Crippen LogP contribution in [-0.2, 0) is 16.4 Å². The molecule has 2 aromatic carbocycles. The molecule has 0 saturated heterocycles. The maximum atomic E-state index is 13.1. The number of hydrogen-bond donors (Lipinski definition) is 2. The molecule has 124 valence electrons. The topological polar surface area (TPSA) is 86.0 Å². The minimum absolute atomic E-state index is 0.179. The number of aryl methyl sites for hydroxylation is 2. The van der Waals surface area contributed by atoms with Crippen molar-refractivity contribution >= 4 is 26.7 Å². The van der Waals surface area contributed by atoms with Gasteiger partial charge in [0.1, 0.15) is 0 Å². The van der Waals surface area contributed by atoms with Gasteiger partial charge >= 0.3 is 5.69 Å². The van der Waals surface area contributed by atoms with Crippen molar-refractivity contribution in [2.45, 2.75) is 24.7 Å². The molecule has 24 heavy (non-hydrogen) atoms. The Morgan fingerprint density at radius 3 is 2.67 bits per heavy atom. The van der Waals surface area contributed by atoms with Crippen molar-refractivity contribution in [1.82, 2.24) is 9.97 Å². The van der Waals surface area contributed by atoms with E-state index < -0.39 is 10.0 Å². The van der Waals surface area contributed by atoms with E-state index in [4.69, 9.17) is 0 Å². The highest BCUT2D eigenvalue weighted by Crippen LogP contribution is 2.33. The van der Waals surface area contributed by atoms with Crippen molar-refractivity contribution in [3.05, 3.63) is 58.0 Å². The van der Waals surface area contributed by atoms with Gasteiger partial charge in [0, 0.05) is 6.54 Å². The summed E-state index contributed by atoms with van der Waals surface area (Å²) in [6, 6.07) is 10.5. The van der Waals surface area contributed by atoms with Crippen molar-refractivity contribution in [3.8, 4) is 0 Å². The first-order chi connectivity index (χ1) is 11.4. The van der Waals surface area contributed by atoms with Gasteiger partial charge in [-0.2, -0.15) is 0 Å². The maximum Gasteiger partial charge on any atom is 0.323 e. The van der Waals surface area contributed by atoms with Gasteiger partial charge < -0.3 is 9.97 Å². The molecule has 0 spiro atoms. The first-order valence-electron chi connectivity index (χ1n) is 7.79. The quantitative estimate of drug-likeness (QED) is 0.749. The highest BCUT2D eigenvalue weighted by molar-refractivity contribution is 7.92. The van der Waals surface area contributed by atoms with E-state index in [1.54, 1.807) is 6.07 Å². The Morgan fingerprint density at radius 2 is 1.83 bits per heavy atom. The SMILES string of the molecule is Cc1ccc2c(c1)CCCN2S(=O)(=O)c1ccc2[nH]c(=O)[nH]c2c1. The Kier molecular flexibility index (Phi) is 3.28. The zero-order valence-corrected chi connectivity index (χ0v) is 14.0. The lowest BCUT2D eigenvalue weighted by Crippen LogP contribution is -2.35. The molecule has 2 heterocycles. The first-order valence-corrected chi connectivity index (χ1v) is 9.23. The van der Waals surface area contributed by atoms with Crippen LogP contribution in [0.5, 0.6) is 0 Å². The van der Waals surface area contributed by atoms with Gasteiger partial charge in [-0.3, -0.25) is 4.31 Å². The van der Waals surface area contributed by atoms with E-state index in [1.807, 2.05) is 25.1 Å². The van der Waals surface area contributed by atoms with Gasteiger partial charge in [-0.25, -0.2) is 13.2 Å². The van der Waals surface area contributed by atoms with Gasteiger partial charge in [0.05, 0.1) is 21.6 Å². The summed E-state index contributed by atoms with van der Waals surface area (Å²) in [6.45, 7) is 2.46. The molecule has 7 heteroatoms. The van der Waals surface area contributed by atoms with E-state index in [-0.39, 0.29) is 10.6 Å². The number of benzene rings is 2. The molecular formula is C17H17N3O3S. The number of fused-ring (bicyclic) bond motifs is 2. The molecule has 6 nitrogen and oxygen atoms in total. The molecule has 0 atom stereocenters. The first kappa shape index (κ1) is 15.0. The fourth-order valence-electron chi connectivity index (χ4n) is 3.24. The molecule has 0 amide bonds. The van der Waals surface area contributed by atoms with E-state index >= 15 is 0 Å². The predicted molar refractivity (Wildman–Crippen MR) is 93.0 cm³/mol. The third-order valence-electron chi connectivity index (χ3n) is 4.39. The fraction of sp³-hybridized carbons (Fsp3) is 0.235. The van der Waals surface area contributed by atoms with E-state index in [2.05, 4.69) is 9.97 Å². The lowest BCUT2D eigenvalue weighted by molar-refractivity contribution is 0.586. The lowest BCUT2D eigenvalue weighted by atomic mass is 10.0. The molecule has 0 radical (unpaired) electrons. The number of rotatable bonds is 2. The van der Waals surface area contributed by atoms with Gasteiger partial charge in [0.25, 0.3) is 10.0 Å². The van der Waals surface area contributed by atoms with Gasteiger partial charge in [-0.15, -0.1) is 0 Å². The number of imidazole rings is 1. The smallest absolute Gasteiger partial charge is 0.306 e. The summed E-state index contributed by atoms with van der Waals surface area (Å²) in [5.74, 6) is 0. The molecule has 2 N–H and O–H groups in total. The summed E-state index contributed by atoms with van der Waals surface area (Å²) in [4.78, 5) is 16.8. The van der Waals surface area contributed by atoms with Crippen LogP contribution in [0, 0.1) is 6.92 Å². The molecule has 0 bridgehead atoms. The van der Waals surface area contributed by atoms with Gasteiger partial charge in [0.2, 0.25) is 0 Å². The largest absolute Gasteiger partial charge is 0.323 e. The van der Waals surface area contributed by atoms with E-state index in [0.29, 0.717) is 17.6 Å². The number of nitrogens with zero attached hydrogens (tertiary/aromatic N) is 1. The van der Waals surface area contributed by atoms with E-state index in [1.165, 1.54) is 16.4 Å². The summed E-state index contributed by atoms with van der Waals surface area (Å²) in [6.07, 6.45) is 1.67. The molecular weight excluding hydrogens is 326 g/mol. The monoisotopic (exact) mass is 343 g/mol. The normalized spacial score (nSPS) is 14.8. The van der Waals surface area contributed by atoms with Crippen LogP contribution in [0.15, 0.2) is 46.1 Å². The number of nitrogens with one attached hydrogen (secondary N) is 2. The summed E-state index contributed by atoms with van der Waals surface area (Å²) >= 11 is 0. The van der Waals surface area contributed by atoms with Crippen molar-refractivity contribution in [3.63, 3.8) is 0 Å². The van der Waals surface area contributed by atoms with Crippen LogP contribution in [0.4, 0.5) is 5.69 Å². The average Bonchev–Trinajstić information content (AvgIpc) is 2.93. The average molecular weight is 343 g/mol. The maximum absolute atomic E-state index is 13.1. The van der Waals surface area contributed by atoms with Crippen LogP contribution in [0.3, 0.4) is 0 Å². The number of sulfonamides is 1. The molecule has 1 aromatic heterocycles. The molecule has 3 aromatic rings. The second-order valence-corrected chi connectivity index (χ2v) is 7.96. The zero-order valence-electron chi connectivity index (χ0n) is 13.2. The van der Waals surface area contributed by atoms with Crippen LogP contribution in [0.25, 0.3) is 11.0 Å². The van der Waals surface area contributed by atoms with Crippen molar-refractivity contribution in [2.75, 3.05) is 10.8 Å². The molecule has 4 rings (SSSR count). The Labute approximate surface area is 139 Å². The van der Waals surface area contributed by atoms with E-state index in [0.717, 1.165) is 29.7 Å². The van der Waals surface area contributed by atoms with Crippen molar-refractivity contribution < 1.29 is 8.42 Å². The highest BCUT2D eigenvalue weighted by Gasteiger charge is 2.29. The van der Waals surface area contributed by atoms with Crippen LogP contribution in [-0.4, -0.2) is 24.9 Å².